The average Bonchev–Trinajstić information content (AvgIpc) is 3.61. The standard InChI is InChI=1S/C28H45N7O7.C4H9NO2/c1-27(2,3)41-21(37)17-35(18-22(38)42-28(4,5)6)20(36)16-34-15-13-32-25(34)23(24-31-12-14-33(24)7)30-11-9-8-10-19(29)26(39)40;1-2-7-4(6)3-5/h12-15,19,23,30H,8-11,16-18,29H2,1-7H3,(H,39,40);2-3,5H2,1H3/t19-,23?;/m0./s1. The predicted octanol–water partition coefficient (Wildman–Crippen LogP) is 0.898. The number of aliphatic carboxylic acids is 1. The largest absolute Gasteiger partial charge is 0.480 e. The van der Waals surface area contributed by atoms with Crippen molar-refractivity contribution in [3.05, 3.63) is 36.4 Å². The quantitative estimate of drug-likeness (QED) is 0.102. The predicted molar refractivity (Wildman–Crippen MR) is 179 cm³/mol. The van der Waals surface area contributed by atoms with Crippen molar-refractivity contribution >= 4 is 29.8 Å². The first-order valence-corrected chi connectivity index (χ1v) is 16.0. The maximum absolute atomic E-state index is 13.5. The van der Waals surface area contributed by atoms with Gasteiger partial charge in [-0.3, -0.25) is 24.0 Å². The van der Waals surface area contributed by atoms with Crippen LogP contribution in [-0.2, 0) is 51.8 Å². The summed E-state index contributed by atoms with van der Waals surface area (Å²) in [5.74, 6) is -2.05. The summed E-state index contributed by atoms with van der Waals surface area (Å²) in [4.78, 5) is 69.9. The van der Waals surface area contributed by atoms with Crippen LogP contribution >= 0.6 is 0 Å². The molecule has 0 bridgehead atoms. The molecule has 17 nitrogen and oxygen atoms in total. The minimum atomic E-state index is -1.03. The normalized spacial score (nSPS) is 12.6. The molecule has 0 saturated heterocycles. The van der Waals surface area contributed by atoms with Gasteiger partial charge in [-0.1, -0.05) is 6.42 Å². The number of rotatable bonds is 17. The number of esters is 3. The molecule has 2 rings (SSSR count). The highest BCUT2D eigenvalue weighted by Gasteiger charge is 2.29. The Bertz CT molecular complexity index is 1330. The van der Waals surface area contributed by atoms with Crippen LogP contribution < -0.4 is 16.8 Å². The second-order valence-corrected chi connectivity index (χ2v) is 13.1. The fraction of sp³-hybridized carbons (Fsp3) is 0.656. The summed E-state index contributed by atoms with van der Waals surface area (Å²) in [6.07, 6.45) is 8.23. The van der Waals surface area contributed by atoms with E-state index in [9.17, 15) is 24.0 Å². The SMILES string of the molecule is CCOC(=O)CN.Cn1ccnc1C(NCCCC[C@H](N)C(=O)O)c1nccn1CC(=O)N(CC(=O)OC(C)(C)C)CC(=O)OC(C)(C)C. The van der Waals surface area contributed by atoms with Gasteiger partial charge in [0, 0.05) is 31.8 Å². The van der Waals surface area contributed by atoms with E-state index in [1.165, 1.54) is 0 Å². The van der Waals surface area contributed by atoms with Crippen molar-refractivity contribution in [1.82, 2.24) is 29.3 Å². The van der Waals surface area contributed by atoms with Crippen LogP contribution in [0.3, 0.4) is 0 Å². The van der Waals surface area contributed by atoms with Gasteiger partial charge in [-0.15, -0.1) is 0 Å². The van der Waals surface area contributed by atoms with E-state index in [1.54, 1.807) is 77.8 Å². The van der Waals surface area contributed by atoms with Crippen LogP contribution in [0.25, 0.3) is 0 Å². The maximum atomic E-state index is 13.5. The first-order valence-electron chi connectivity index (χ1n) is 16.0. The third kappa shape index (κ3) is 17.0. The van der Waals surface area contributed by atoms with E-state index in [0.29, 0.717) is 44.1 Å². The highest BCUT2D eigenvalue weighted by Crippen LogP contribution is 2.20. The Hall–Kier alpha value is -4.35. The number of hydrogen-bond donors (Lipinski definition) is 4. The van der Waals surface area contributed by atoms with Crippen molar-refractivity contribution < 1.29 is 43.3 Å². The molecule has 1 amide bonds. The molecule has 2 heterocycles. The number of carboxylic acid groups (broad SMARTS) is 1. The Morgan fingerprint density at radius 2 is 1.47 bits per heavy atom. The van der Waals surface area contributed by atoms with Gasteiger partial charge in [0.25, 0.3) is 0 Å². The summed E-state index contributed by atoms with van der Waals surface area (Å²) in [6, 6.07) is -1.42. The van der Waals surface area contributed by atoms with Crippen molar-refractivity contribution in [1.29, 1.82) is 0 Å². The number of aromatic nitrogens is 4. The number of nitrogens with zero attached hydrogens (tertiary/aromatic N) is 5. The third-order valence-electron chi connectivity index (χ3n) is 6.34. The van der Waals surface area contributed by atoms with Crippen LogP contribution in [0, 0.1) is 0 Å². The molecule has 2 aromatic heterocycles. The van der Waals surface area contributed by atoms with Gasteiger partial charge in [0.05, 0.1) is 13.2 Å². The number of carboxylic acids is 1. The number of carbonyl (C=O) groups excluding carboxylic acids is 4. The number of ether oxygens (including phenoxy) is 3. The van der Waals surface area contributed by atoms with Gasteiger partial charge >= 0.3 is 23.9 Å². The molecule has 2 atom stereocenters. The molecule has 1 unspecified atom stereocenters. The van der Waals surface area contributed by atoms with Crippen molar-refractivity contribution in [3.63, 3.8) is 0 Å². The third-order valence-corrected chi connectivity index (χ3v) is 6.34. The maximum Gasteiger partial charge on any atom is 0.326 e. The molecule has 276 valence electrons. The molecule has 0 fully saturated rings. The number of unbranched alkanes of at least 4 members (excludes halogenated alkanes) is 1. The van der Waals surface area contributed by atoms with E-state index in [2.05, 4.69) is 20.0 Å². The number of hydrogen-bond acceptors (Lipinski definition) is 13. The molecule has 0 radical (unpaired) electrons. The van der Waals surface area contributed by atoms with E-state index in [-0.39, 0.29) is 19.1 Å². The fourth-order valence-electron chi connectivity index (χ4n) is 4.28. The summed E-state index contributed by atoms with van der Waals surface area (Å²) in [5.41, 5.74) is 8.95. The number of carbonyl (C=O) groups is 5. The van der Waals surface area contributed by atoms with Crippen molar-refractivity contribution in [2.45, 2.75) is 97.6 Å². The zero-order valence-electron chi connectivity index (χ0n) is 29.9. The second-order valence-electron chi connectivity index (χ2n) is 13.1. The Morgan fingerprint density at radius 3 is 1.92 bits per heavy atom. The molecular weight excluding hydrogens is 640 g/mol. The molecular formula is C32H54N8O9. The zero-order chi connectivity index (χ0) is 37.4. The van der Waals surface area contributed by atoms with Crippen molar-refractivity contribution in [2.75, 3.05) is 32.8 Å². The van der Waals surface area contributed by atoms with Gasteiger partial charge in [0.2, 0.25) is 5.91 Å². The monoisotopic (exact) mass is 694 g/mol. The molecule has 0 aliphatic carbocycles. The Labute approximate surface area is 287 Å². The lowest BCUT2D eigenvalue weighted by atomic mass is 10.1. The highest BCUT2D eigenvalue weighted by molar-refractivity contribution is 5.86. The second kappa shape index (κ2) is 20.2. The zero-order valence-corrected chi connectivity index (χ0v) is 29.9. The molecule has 0 aromatic carbocycles. The smallest absolute Gasteiger partial charge is 0.326 e. The number of nitrogens with two attached hydrogens (primary N) is 2. The number of amides is 1. The van der Waals surface area contributed by atoms with Gasteiger partial charge in [-0.25, -0.2) is 9.97 Å². The van der Waals surface area contributed by atoms with Gasteiger partial charge in [-0.2, -0.15) is 0 Å². The lowest BCUT2D eigenvalue weighted by molar-refractivity contribution is -0.164. The number of imidazole rings is 2. The molecule has 0 saturated carbocycles. The molecule has 0 aliphatic rings. The van der Waals surface area contributed by atoms with Crippen molar-refractivity contribution in [3.8, 4) is 0 Å². The number of aryl methyl sites for hydroxylation is 1. The van der Waals surface area contributed by atoms with E-state index >= 15 is 0 Å². The topological polar surface area (TPSA) is 236 Å². The lowest BCUT2D eigenvalue weighted by Crippen LogP contribution is -2.44. The summed E-state index contributed by atoms with van der Waals surface area (Å²) >= 11 is 0. The average molecular weight is 695 g/mol. The van der Waals surface area contributed by atoms with E-state index < -0.39 is 60.2 Å². The Balaban J connectivity index is 0.00000154. The molecule has 0 aliphatic heterocycles. The summed E-state index contributed by atoms with van der Waals surface area (Å²) in [6.45, 7) is 11.9. The van der Waals surface area contributed by atoms with Gasteiger partial charge < -0.3 is 50.1 Å². The first kappa shape index (κ1) is 42.7. The Morgan fingerprint density at radius 1 is 0.918 bits per heavy atom. The first-order chi connectivity index (χ1) is 22.8. The minimum Gasteiger partial charge on any atom is -0.480 e. The van der Waals surface area contributed by atoms with Gasteiger partial charge in [0.1, 0.15) is 54.6 Å². The van der Waals surface area contributed by atoms with E-state index in [0.717, 1.165) is 4.90 Å². The van der Waals surface area contributed by atoms with E-state index in [4.69, 9.17) is 26.0 Å². The van der Waals surface area contributed by atoms with Crippen LogP contribution in [-0.4, -0.2) is 109 Å². The van der Waals surface area contributed by atoms with Crippen LogP contribution in [0.4, 0.5) is 0 Å². The molecule has 17 heteroatoms. The summed E-state index contributed by atoms with van der Waals surface area (Å²) in [5, 5.41) is 12.4. The minimum absolute atomic E-state index is 0.0200. The van der Waals surface area contributed by atoms with Crippen LogP contribution in [0.15, 0.2) is 24.8 Å². The molecule has 0 spiro atoms. The van der Waals surface area contributed by atoms with Crippen LogP contribution in [0.2, 0.25) is 0 Å². The van der Waals surface area contributed by atoms with Crippen LogP contribution in [0.1, 0.15) is 85.4 Å². The van der Waals surface area contributed by atoms with E-state index in [1.807, 2.05) is 11.6 Å². The van der Waals surface area contributed by atoms with Crippen LogP contribution in [0.5, 0.6) is 0 Å². The highest BCUT2D eigenvalue weighted by atomic mass is 16.6. The van der Waals surface area contributed by atoms with Gasteiger partial charge in [0.15, 0.2) is 0 Å². The van der Waals surface area contributed by atoms with Crippen molar-refractivity contribution in [2.24, 2.45) is 18.5 Å². The van der Waals surface area contributed by atoms with Gasteiger partial charge in [-0.05, 0) is 67.9 Å². The fourth-order valence-corrected chi connectivity index (χ4v) is 4.28. The summed E-state index contributed by atoms with van der Waals surface area (Å²) in [7, 11) is 1.84. The molecule has 49 heavy (non-hydrogen) atoms. The lowest BCUT2D eigenvalue weighted by Gasteiger charge is -2.27. The summed E-state index contributed by atoms with van der Waals surface area (Å²) < 4.78 is 18.7. The molecule has 6 N–H and O–H groups in total. The Kier molecular flexibility index (Phi) is 17.6. The molecule has 2 aromatic rings. The number of nitrogens with one attached hydrogen (secondary N) is 1.